The van der Waals surface area contributed by atoms with E-state index in [1.807, 2.05) is 12.1 Å². The lowest BCUT2D eigenvalue weighted by Gasteiger charge is -2.13. The molecule has 2 rings (SSSR count). The first-order valence-electron chi connectivity index (χ1n) is 8.14. The van der Waals surface area contributed by atoms with Gasteiger partial charge in [-0.05, 0) is 44.3 Å². The van der Waals surface area contributed by atoms with Gasteiger partial charge in [0.05, 0.1) is 6.54 Å². The van der Waals surface area contributed by atoms with Crippen molar-refractivity contribution in [3.63, 3.8) is 0 Å². The van der Waals surface area contributed by atoms with Gasteiger partial charge in [0.1, 0.15) is 0 Å². The molecule has 0 aromatic heterocycles. The Balaban J connectivity index is 1.79. The smallest absolute Gasteiger partial charge is 0.176 e. The zero-order valence-electron chi connectivity index (χ0n) is 12.7. The van der Waals surface area contributed by atoms with Gasteiger partial charge in [0, 0.05) is 5.56 Å². The molecule has 1 aromatic rings. The standard InChI is InChI=1S/C18H27NO/c1-2-3-4-5-8-16-9-11-17(12-10-16)18(20)15-19-13-6-7-14-19/h9-12H,2-8,13-15H2,1H3. The molecule has 0 amide bonds. The van der Waals surface area contributed by atoms with Gasteiger partial charge in [-0.3, -0.25) is 9.69 Å². The van der Waals surface area contributed by atoms with Crippen molar-refractivity contribution in [2.24, 2.45) is 0 Å². The van der Waals surface area contributed by atoms with Crippen LogP contribution < -0.4 is 0 Å². The molecule has 0 unspecified atom stereocenters. The van der Waals surface area contributed by atoms with Crippen molar-refractivity contribution in [2.45, 2.75) is 51.9 Å². The number of carbonyl (C=O) groups is 1. The minimum Gasteiger partial charge on any atom is -0.296 e. The highest BCUT2D eigenvalue weighted by atomic mass is 16.1. The molecule has 0 bridgehead atoms. The van der Waals surface area contributed by atoms with Crippen molar-refractivity contribution in [1.29, 1.82) is 0 Å². The zero-order chi connectivity index (χ0) is 14.2. The number of aryl methyl sites for hydroxylation is 1. The first kappa shape index (κ1) is 15.2. The maximum absolute atomic E-state index is 12.2. The predicted octanol–water partition coefficient (Wildman–Crippen LogP) is 4.09. The highest BCUT2D eigenvalue weighted by Crippen LogP contribution is 2.12. The molecular weight excluding hydrogens is 246 g/mol. The van der Waals surface area contributed by atoms with Crippen molar-refractivity contribution >= 4 is 5.78 Å². The Labute approximate surface area is 123 Å². The van der Waals surface area contributed by atoms with Crippen molar-refractivity contribution in [1.82, 2.24) is 4.90 Å². The summed E-state index contributed by atoms with van der Waals surface area (Å²) in [7, 11) is 0. The predicted molar refractivity (Wildman–Crippen MR) is 84.3 cm³/mol. The first-order valence-corrected chi connectivity index (χ1v) is 8.14. The van der Waals surface area contributed by atoms with Crippen LogP contribution in [0.5, 0.6) is 0 Å². The van der Waals surface area contributed by atoms with E-state index < -0.39 is 0 Å². The Morgan fingerprint density at radius 2 is 1.75 bits per heavy atom. The molecule has 1 aromatic carbocycles. The lowest BCUT2D eigenvalue weighted by molar-refractivity contribution is 0.0945. The molecule has 1 heterocycles. The summed E-state index contributed by atoms with van der Waals surface area (Å²) in [6, 6.07) is 8.27. The Kier molecular flexibility index (Phi) is 6.25. The number of unbranched alkanes of at least 4 members (excludes halogenated alkanes) is 3. The van der Waals surface area contributed by atoms with Gasteiger partial charge in [0.15, 0.2) is 5.78 Å². The highest BCUT2D eigenvalue weighted by molar-refractivity contribution is 5.97. The van der Waals surface area contributed by atoms with Gasteiger partial charge in [0.25, 0.3) is 0 Å². The number of nitrogens with zero attached hydrogens (tertiary/aromatic N) is 1. The van der Waals surface area contributed by atoms with Gasteiger partial charge >= 0.3 is 0 Å². The van der Waals surface area contributed by atoms with Crippen LogP contribution >= 0.6 is 0 Å². The van der Waals surface area contributed by atoms with E-state index in [1.54, 1.807) is 0 Å². The van der Waals surface area contributed by atoms with Crippen LogP contribution in [0.4, 0.5) is 0 Å². The number of benzene rings is 1. The molecular formula is C18H27NO. The van der Waals surface area contributed by atoms with Crippen LogP contribution in [0, 0.1) is 0 Å². The summed E-state index contributed by atoms with van der Waals surface area (Å²) >= 11 is 0. The second-order valence-corrected chi connectivity index (χ2v) is 5.91. The van der Waals surface area contributed by atoms with E-state index in [2.05, 4.69) is 24.0 Å². The van der Waals surface area contributed by atoms with Crippen molar-refractivity contribution < 1.29 is 4.79 Å². The average Bonchev–Trinajstić information content (AvgIpc) is 2.97. The third-order valence-electron chi connectivity index (χ3n) is 4.16. The van der Waals surface area contributed by atoms with E-state index in [0.717, 1.165) is 25.1 Å². The molecule has 0 radical (unpaired) electrons. The number of Topliss-reactive ketones (excluding diaryl/α,β-unsaturated/α-hetero) is 1. The summed E-state index contributed by atoms with van der Waals surface area (Å²) < 4.78 is 0. The van der Waals surface area contributed by atoms with E-state index in [1.165, 1.54) is 44.1 Å². The van der Waals surface area contributed by atoms with Crippen LogP contribution in [0.25, 0.3) is 0 Å². The molecule has 1 aliphatic rings. The Morgan fingerprint density at radius 1 is 1.05 bits per heavy atom. The summed E-state index contributed by atoms with van der Waals surface area (Å²) in [5, 5.41) is 0. The van der Waals surface area contributed by atoms with E-state index in [0.29, 0.717) is 6.54 Å². The summed E-state index contributed by atoms with van der Waals surface area (Å²) in [4.78, 5) is 14.4. The van der Waals surface area contributed by atoms with Crippen molar-refractivity contribution in [3.8, 4) is 0 Å². The molecule has 0 N–H and O–H groups in total. The zero-order valence-corrected chi connectivity index (χ0v) is 12.7. The minimum absolute atomic E-state index is 0.268. The van der Waals surface area contributed by atoms with Gasteiger partial charge in [0.2, 0.25) is 0 Å². The number of likely N-dealkylation sites (tertiary alicyclic amines) is 1. The second-order valence-electron chi connectivity index (χ2n) is 5.91. The second kappa shape index (κ2) is 8.21. The van der Waals surface area contributed by atoms with Crippen LogP contribution in [0.2, 0.25) is 0 Å². The third kappa shape index (κ3) is 4.75. The summed E-state index contributed by atoms with van der Waals surface area (Å²) in [5.74, 6) is 0.268. The lowest BCUT2D eigenvalue weighted by Crippen LogP contribution is -2.26. The monoisotopic (exact) mass is 273 g/mol. The van der Waals surface area contributed by atoms with Crippen LogP contribution in [0.1, 0.15) is 61.4 Å². The van der Waals surface area contributed by atoms with Gasteiger partial charge in [-0.2, -0.15) is 0 Å². The van der Waals surface area contributed by atoms with Crippen LogP contribution in [0.15, 0.2) is 24.3 Å². The van der Waals surface area contributed by atoms with E-state index >= 15 is 0 Å². The van der Waals surface area contributed by atoms with Gasteiger partial charge < -0.3 is 0 Å². The van der Waals surface area contributed by atoms with Gasteiger partial charge in [-0.1, -0.05) is 50.5 Å². The minimum atomic E-state index is 0.268. The molecule has 1 fully saturated rings. The third-order valence-corrected chi connectivity index (χ3v) is 4.16. The highest BCUT2D eigenvalue weighted by Gasteiger charge is 2.15. The van der Waals surface area contributed by atoms with E-state index in [4.69, 9.17) is 0 Å². The summed E-state index contributed by atoms with van der Waals surface area (Å²) in [6.45, 7) is 5.00. The number of hydrogen-bond donors (Lipinski definition) is 0. The fraction of sp³-hybridized carbons (Fsp3) is 0.611. The lowest BCUT2D eigenvalue weighted by atomic mass is 10.0. The quantitative estimate of drug-likeness (QED) is 0.525. The Bertz CT molecular complexity index is 404. The fourth-order valence-electron chi connectivity index (χ4n) is 2.85. The van der Waals surface area contributed by atoms with E-state index in [9.17, 15) is 4.79 Å². The molecule has 110 valence electrons. The van der Waals surface area contributed by atoms with Gasteiger partial charge in [-0.15, -0.1) is 0 Å². The summed E-state index contributed by atoms with van der Waals surface area (Å²) in [5.41, 5.74) is 2.23. The molecule has 0 saturated carbocycles. The molecule has 20 heavy (non-hydrogen) atoms. The number of rotatable bonds is 8. The summed E-state index contributed by atoms with van der Waals surface area (Å²) in [6.07, 6.45) is 8.80. The Hall–Kier alpha value is -1.15. The normalized spacial score (nSPS) is 15.7. The molecule has 1 saturated heterocycles. The molecule has 0 atom stereocenters. The largest absolute Gasteiger partial charge is 0.296 e. The van der Waals surface area contributed by atoms with Crippen molar-refractivity contribution in [2.75, 3.05) is 19.6 Å². The molecule has 2 heteroatoms. The van der Waals surface area contributed by atoms with Crippen LogP contribution in [-0.4, -0.2) is 30.3 Å². The maximum atomic E-state index is 12.2. The van der Waals surface area contributed by atoms with Crippen molar-refractivity contribution in [3.05, 3.63) is 35.4 Å². The fourth-order valence-corrected chi connectivity index (χ4v) is 2.85. The number of hydrogen-bond acceptors (Lipinski definition) is 2. The van der Waals surface area contributed by atoms with Gasteiger partial charge in [-0.25, -0.2) is 0 Å². The number of carbonyl (C=O) groups excluding carboxylic acids is 1. The van der Waals surface area contributed by atoms with Crippen LogP contribution in [0.3, 0.4) is 0 Å². The molecule has 0 aliphatic carbocycles. The van der Waals surface area contributed by atoms with Crippen LogP contribution in [-0.2, 0) is 6.42 Å². The molecule has 2 nitrogen and oxygen atoms in total. The molecule has 0 spiro atoms. The number of ketones is 1. The maximum Gasteiger partial charge on any atom is 0.176 e. The SMILES string of the molecule is CCCCCCc1ccc(C(=O)CN2CCCC2)cc1. The first-order chi connectivity index (χ1) is 9.79. The molecule has 1 aliphatic heterocycles. The van der Waals surface area contributed by atoms with E-state index in [-0.39, 0.29) is 5.78 Å². The average molecular weight is 273 g/mol. The Morgan fingerprint density at radius 3 is 2.40 bits per heavy atom. The topological polar surface area (TPSA) is 20.3 Å².